The molecule has 0 spiro atoms. The molecule has 98 valence electrons. The molecule has 1 rings (SSSR count). The predicted octanol–water partition coefficient (Wildman–Crippen LogP) is 1.40. The quantitative estimate of drug-likeness (QED) is 0.774. The minimum Gasteiger partial charge on any atom is -0.465 e. The highest BCUT2D eigenvalue weighted by molar-refractivity contribution is 5.94. The molecule has 1 atom stereocenters. The fourth-order valence-corrected chi connectivity index (χ4v) is 1.51. The second-order valence-corrected chi connectivity index (χ2v) is 3.90. The minimum atomic E-state index is -0.402. The largest absolute Gasteiger partial charge is 0.465 e. The average molecular weight is 250 g/mol. The summed E-state index contributed by atoms with van der Waals surface area (Å²) in [4.78, 5) is 23.0. The van der Waals surface area contributed by atoms with E-state index in [4.69, 9.17) is 5.73 Å². The highest BCUT2D eigenvalue weighted by atomic mass is 16.5. The Labute approximate surface area is 106 Å². The molecule has 0 radical (unpaired) electrons. The molecule has 5 nitrogen and oxygen atoms in total. The molecule has 1 aromatic rings. The van der Waals surface area contributed by atoms with Crippen LogP contribution in [-0.2, 0) is 9.53 Å². The van der Waals surface area contributed by atoms with Crippen LogP contribution in [0.2, 0.25) is 0 Å². The van der Waals surface area contributed by atoms with E-state index in [2.05, 4.69) is 10.1 Å². The minimum absolute atomic E-state index is 0.106. The van der Waals surface area contributed by atoms with E-state index in [-0.39, 0.29) is 11.8 Å². The van der Waals surface area contributed by atoms with Crippen molar-refractivity contribution in [2.24, 2.45) is 11.7 Å². The molecular weight excluding hydrogens is 232 g/mol. The van der Waals surface area contributed by atoms with Crippen molar-refractivity contribution in [2.75, 3.05) is 19.0 Å². The Morgan fingerprint density at radius 2 is 1.94 bits per heavy atom. The average Bonchev–Trinajstić information content (AvgIpc) is 2.40. The fourth-order valence-electron chi connectivity index (χ4n) is 1.51. The molecule has 0 heterocycles. The van der Waals surface area contributed by atoms with E-state index in [0.29, 0.717) is 24.2 Å². The first-order valence-corrected chi connectivity index (χ1v) is 5.81. The first-order chi connectivity index (χ1) is 8.62. The van der Waals surface area contributed by atoms with Gasteiger partial charge in [-0.3, -0.25) is 4.79 Å². The van der Waals surface area contributed by atoms with Crippen molar-refractivity contribution in [3.8, 4) is 0 Å². The zero-order chi connectivity index (χ0) is 13.5. The smallest absolute Gasteiger partial charge is 0.337 e. The van der Waals surface area contributed by atoms with Crippen LogP contribution in [0.15, 0.2) is 24.3 Å². The number of nitrogens with one attached hydrogen (secondary N) is 1. The Morgan fingerprint density at radius 1 is 1.33 bits per heavy atom. The Hall–Kier alpha value is -1.88. The predicted molar refractivity (Wildman–Crippen MR) is 69.2 cm³/mol. The number of carbonyl (C=O) groups is 2. The summed E-state index contributed by atoms with van der Waals surface area (Å²) in [6.07, 6.45) is 0.697. The van der Waals surface area contributed by atoms with E-state index in [9.17, 15) is 9.59 Å². The van der Waals surface area contributed by atoms with E-state index < -0.39 is 5.97 Å². The summed E-state index contributed by atoms with van der Waals surface area (Å²) in [7, 11) is 1.32. The normalized spacial score (nSPS) is 11.7. The number of amides is 1. The summed E-state index contributed by atoms with van der Waals surface area (Å²) < 4.78 is 4.59. The van der Waals surface area contributed by atoms with Gasteiger partial charge in [-0.25, -0.2) is 4.79 Å². The lowest BCUT2D eigenvalue weighted by Gasteiger charge is -2.12. The highest BCUT2D eigenvalue weighted by Gasteiger charge is 2.14. The van der Waals surface area contributed by atoms with Gasteiger partial charge in [-0.15, -0.1) is 0 Å². The van der Waals surface area contributed by atoms with Crippen molar-refractivity contribution in [1.29, 1.82) is 0 Å². The SMILES string of the molecule is CC[C@H](CN)C(=O)Nc1ccc(C(=O)OC)cc1. The van der Waals surface area contributed by atoms with Gasteiger partial charge in [-0.05, 0) is 30.7 Å². The van der Waals surface area contributed by atoms with Crippen LogP contribution in [0, 0.1) is 5.92 Å². The van der Waals surface area contributed by atoms with Crippen LogP contribution in [0.4, 0.5) is 5.69 Å². The number of anilines is 1. The lowest BCUT2D eigenvalue weighted by Crippen LogP contribution is -2.28. The molecule has 3 N–H and O–H groups in total. The molecule has 5 heteroatoms. The molecule has 18 heavy (non-hydrogen) atoms. The Morgan fingerprint density at radius 3 is 2.39 bits per heavy atom. The van der Waals surface area contributed by atoms with Gasteiger partial charge < -0.3 is 15.8 Å². The summed E-state index contributed by atoms with van der Waals surface area (Å²) in [6, 6.07) is 6.52. The number of hydrogen-bond acceptors (Lipinski definition) is 4. The van der Waals surface area contributed by atoms with Crippen molar-refractivity contribution < 1.29 is 14.3 Å². The lowest BCUT2D eigenvalue weighted by molar-refractivity contribution is -0.119. The van der Waals surface area contributed by atoms with Gasteiger partial charge in [0.2, 0.25) is 5.91 Å². The molecule has 0 aromatic heterocycles. The van der Waals surface area contributed by atoms with Gasteiger partial charge in [0.1, 0.15) is 0 Å². The van der Waals surface area contributed by atoms with Crippen LogP contribution in [0.25, 0.3) is 0 Å². The van der Waals surface area contributed by atoms with Gasteiger partial charge >= 0.3 is 5.97 Å². The van der Waals surface area contributed by atoms with E-state index in [1.165, 1.54) is 7.11 Å². The number of ether oxygens (including phenoxy) is 1. The molecular formula is C13H18N2O3. The first-order valence-electron chi connectivity index (χ1n) is 5.81. The molecule has 0 unspecified atom stereocenters. The van der Waals surface area contributed by atoms with Gasteiger partial charge in [0.15, 0.2) is 0 Å². The van der Waals surface area contributed by atoms with Crippen LogP contribution in [0.3, 0.4) is 0 Å². The molecule has 1 aromatic carbocycles. The van der Waals surface area contributed by atoms with Gasteiger partial charge in [-0.2, -0.15) is 0 Å². The van der Waals surface area contributed by atoms with Gasteiger partial charge in [0.05, 0.1) is 18.6 Å². The highest BCUT2D eigenvalue weighted by Crippen LogP contribution is 2.12. The number of nitrogens with two attached hydrogens (primary N) is 1. The number of methoxy groups -OCH3 is 1. The molecule has 1 amide bonds. The van der Waals surface area contributed by atoms with E-state index >= 15 is 0 Å². The third-order valence-corrected chi connectivity index (χ3v) is 2.72. The third kappa shape index (κ3) is 3.56. The zero-order valence-electron chi connectivity index (χ0n) is 10.6. The van der Waals surface area contributed by atoms with Crippen molar-refractivity contribution in [3.63, 3.8) is 0 Å². The summed E-state index contributed by atoms with van der Waals surface area (Å²) in [5, 5.41) is 2.76. The van der Waals surface area contributed by atoms with Crippen molar-refractivity contribution in [2.45, 2.75) is 13.3 Å². The van der Waals surface area contributed by atoms with Crippen LogP contribution >= 0.6 is 0 Å². The molecule has 0 fully saturated rings. The Bertz CT molecular complexity index is 411. The van der Waals surface area contributed by atoms with Gasteiger partial charge in [-0.1, -0.05) is 6.92 Å². The maximum atomic E-state index is 11.8. The monoisotopic (exact) mass is 250 g/mol. The maximum Gasteiger partial charge on any atom is 0.337 e. The van der Waals surface area contributed by atoms with E-state index in [1.807, 2.05) is 6.92 Å². The van der Waals surface area contributed by atoms with Crippen molar-refractivity contribution >= 4 is 17.6 Å². The van der Waals surface area contributed by atoms with Gasteiger partial charge in [0, 0.05) is 12.2 Å². The van der Waals surface area contributed by atoms with Crippen LogP contribution in [0.1, 0.15) is 23.7 Å². The van der Waals surface area contributed by atoms with E-state index in [0.717, 1.165) is 0 Å². The second-order valence-electron chi connectivity index (χ2n) is 3.90. The summed E-state index contributed by atoms with van der Waals surface area (Å²) >= 11 is 0. The lowest BCUT2D eigenvalue weighted by atomic mass is 10.1. The number of esters is 1. The Kier molecular flexibility index (Phi) is 5.32. The fraction of sp³-hybridized carbons (Fsp3) is 0.385. The molecule has 0 aliphatic rings. The maximum absolute atomic E-state index is 11.8. The third-order valence-electron chi connectivity index (χ3n) is 2.72. The van der Waals surface area contributed by atoms with Crippen LogP contribution in [0.5, 0.6) is 0 Å². The standard InChI is InChI=1S/C13H18N2O3/c1-3-9(8-14)12(16)15-11-6-4-10(5-7-11)13(17)18-2/h4-7,9H,3,8,14H2,1-2H3,(H,15,16)/t9-/m1/s1. The van der Waals surface area contributed by atoms with Crippen molar-refractivity contribution in [1.82, 2.24) is 0 Å². The molecule has 0 bridgehead atoms. The zero-order valence-corrected chi connectivity index (χ0v) is 10.6. The summed E-state index contributed by atoms with van der Waals surface area (Å²) in [5.74, 6) is -0.697. The van der Waals surface area contributed by atoms with Crippen LogP contribution < -0.4 is 11.1 Å². The van der Waals surface area contributed by atoms with Crippen LogP contribution in [-0.4, -0.2) is 25.5 Å². The van der Waals surface area contributed by atoms with Crippen molar-refractivity contribution in [3.05, 3.63) is 29.8 Å². The Balaban J connectivity index is 2.69. The van der Waals surface area contributed by atoms with Gasteiger partial charge in [0.25, 0.3) is 0 Å². The van der Waals surface area contributed by atoms with E-state index in [1.54, 1.807) is 24.3 Å². The number of benzene rings is 1. The summed E-state index contributed by atoms with van der Waals surface area (Å²) in [5.41, 5.74) is 6.58. The molecule has 0 saturated heterocycles. The number of hydrogen-bond donors (Lipinski definition) is 2. The molecule has 0 aliphatic carbocycles. The molecule has 0 aliphatic heterocycles. The summed E-state index contributed by atoms with van der Waals surface area (Å²) in [6.45, 7) is 2.24. The number of rotatable bonds is 5. The molecule has 0 saturated carbocycles. The first kappa shape index (κ1) is 14.2. The second kappa shape index (κ2) is 6.76. The topological polar surface area (TPSA) is 81.4 Å². The number of carbonyl (C=O) groups excluding carboxylic acids is 2.